The van der Waals surface area contributed by atoms with Crippen molar-refractivity contribution in [2.24, 2.45) is 0 Å². The minimum Gasteiger partial charge on any atom is -0.461 e. The Labute approximate surface area is 171 Å². The van der Waals surface area contributed by atoms with E-state index in [1.165, 1.54) is 19.2 Å². The van der Waals surface area contributed by atoms with E-state index in [0.717, 1.165) is 28.8 Å². The molecule has 6 nitrogen and oxygen atoms in total. The summed E-state index contributed by atoms with van der Waals surface area (Å²) < 4.78 is 33.0. The second-order valence-corrected chi connectivity index (χ2v) is 7.19. The Kier molecular flexibility index (Phi) is 5.31. The van der Waals surface area contributed by atoms with Crippen LogP contribution in [0.15, 0.2) is 42.6 Å². The Bertz CT molecular complexity index is 1110. The molecule has 2 N–H and O–H groups in total. The van der Waals surface area contributed by atoms with Gasteiger partial charge in [0.2, 0.25) is 0 Å². The zero-order chi connectivity index (χ0) is 21.3. The van der Waals surface area contributed by atoms with Gasteiger partial charge in [0.05, 0.1) is 17.6 Å². The number of rotatable bonds is 5. The van der Waals surface area contributed by atoms with Gasteiger partial charge in [-0.3, -0.25) is 14.7 Å². The summed E-state index contributed by atoms with van der Waals surface area (Å²) in [6, 6.07) is 9.11. The van der Waals surface area contributed by atoms with Gasteiger partial charge in [-0.15, -0.1) is 0 Å². The lowest BCUT2D eigenvalue weighted by molar-refractivity contribution is -0.142. The molecule has 8 heteroatoms. The first-order chi connectivity index (χ1) is 14.4. The van der Waals surface area contributed by atoms with Crippen LogP contribution in [0.1, 0.15) is 45.6 Å². The molecule has 1 unspecified atom stereocenters. The van der Waals surface area contributed by atoms with Gasteiger partial charge < -0.3 is 10.1 Å². The van der Waals surface area contributed by atoms with E-state index in [1.54, 1.807) is 0 Å². The molecule has 1 aromatic heterocycles. The molecule has 2 aromatic carbocycles. The summed E-state index contributed by atoms with van der Waals surface area (Å²) in [6.45, 7) is 1.56. The number of benzene rings is 2. The Hall–Kier alpha value is -3.55. The molecular formula is C22H19F2N3O3. The lowest BCUT2D eigenvalue weighted by atomic mass is 10.00. The van der Waals surface area contributed by atoms with Gasteiger partial charge in [0.15, 0.2) is 0 Å². The molecule has 0 radical (unpaired) electrons. The number of carbonyl (C=O) groups is 2. The largest absolute Gasteiger partial charge is 0.461 e. The van der Waals surface area contributed by atoms with Crippen LogP contribution in [-0.4, -0.2) is 22.1 Å². The number of nitrogens with zero attached hydrogens (tertiary/aromatic N) is 1. The molecule has 30 heavy (non-hydrogen) atoms. The summed E-state index contributed by atoms with van der Waals surface area (Å²) in [6.07, 6.45) is 2.78. The number of amides is 1. The van der Waals surface area contributed by atoms with Crippen molar-refractivity contribution in [1.29, 1.82) is 0 Å². The van der Waals surface area contributed by atoms with E-state index in [4.69, 9.17) is 4.74 Å². The molecule has 0 saturated carbocycles. The molecule has 1 aliphatic carbocycles. The molecular weight excluding hydrogens is 392 g/mol. The number of halogens is 2. The summed E-state index contributed by atoms with van der Waals surface area (Å²) in [7, 11) is 0. The van der Waals surface area contributed by atoms with E-state index >= 15 is 0 Å². The average Bonchev–Trinajstić information content (AvgIpc) is 3.32. The Morgan fingerprint density at radius 1 is 1.17 bits per heavy atom. The fourth-order valence-electron chi connectivity index (χ4n) is 3.85. The smallest absolute Gasteiger partial charge is 0.302 e. The number of H-pyrrole nitrogens is 1. The minimum atomic E-state index is -0.930. The maximum absolute atomic E-state index is 13.9. The van der Waals surface area contributed by atoms with E-state index in [2.05, 4.69) is 15.5 Å². The van der Waals surface area contributed by atoms with Crippen molar-refractivity contribution in [3.05, 3.63) is 82.2 Å². The zero-order valence-electron chi connectivity index (χ0n) is 16.2. The predicted octanol–water partition coefficient (Wildman–Crippen LogP) is 3.89. The second-order valence-electron chi connectivity index (χ2n) is 7.19. The summed E-state index contributed by atoms with van der Waals surface area (Å²) in [5.41, 5.74) is 3.57. The van der Waals surface area contributed by atoms with E-state index < -0.39 is 23.1 Å². The summed E-state index contributed by atoms with van der Waals surface area (Å²) in [4.78, 5) is 23.6. The number of aromatic nitrogens is 2. The van der Waals surface area contributed by atoms with Gasteiger partial charge in [0.1, 0.15) is 23.8 Å². The number of aromatic amines is 1. The molecule has 0 spiro atoms. The molecule has 4 rings (SSSR count). The first-order valence-electron chi connectivity index (χ1n) is 9.45. The van der Waals surface area contributed by atoms with Crippen molar-refractivity contribution in [3.63, 3.8) is 0 Å². The lowest BCUT2D eigenvalue weighted by Gasteiger charge is -2.12. The standard InChI is InChI=1S/C22H19F2N3O3/c1-12(28)30-11-14-5-2-4-13-8-15(9-16(13)14)21-19(10-25-27-21)26-22(29)20-17(23)6-3-7-18(20)24/h2-7,10,15H,8-9,11H2,1H3,(H,25,27)(H,26,29). The monoisotopic (exact) mass is 411 g/mol. The molecule has 3 aromatic rings. The number of fused-ring (bicyclic) bond motifs is 1. The number of hydrogen-bond acceptors (Lipinski definition) is 4. The van der Waals surface area contributed by atoms with Gasteiger partial charge in [-0.2, -0.15) is 5.10 Å². The molecule has 0 aliphatic heterocycles. The van der Waals surface area contributed by atoms with Crippen molar-refractivity contribution in [3.8, 4) is 0 Å². The first kappa shape index (κ1) is 19.8. The fourth-order valence-corrected chi connectivity index (χ4v) is 3.85. The van der Waals surface area contributed by atoms with Gasteiger partial charge in [0.25, 0.3) is 5.91 Å². The average molecular weight is 411 g/mol. The van der Waals surface area contributed by atoms with Crippen molar-refractivity contribution in [1.82, 2.24) is 10.2 Å². The van der Waals surface area contributed by atoms with E-state index in [-0.39, 0.29) is 18.5 Å². The van der Waals surface area contributed by atoms with Gasteiger partial charge >= 0.3 is 5.97 Å². The van der Waals surface area contributed by atoms with Crippen LogP contribution in [0.4, 0.5) is 14.5 Å². The van der Waals surface area contributed by atoms with Crippen molar-refractivity contribution in [2.75, 3.05) is 5.32 Å². The summed E-state index contributed by atoms with van der Waals surface area (Å²) in [5, 5.41) is 9.47. The molecule has 1 amide bonds. The van der Waals surface area contributed by atoms with Crippen LogP contribution >= 0.6 is 0 Å². The second kappa shape index (κ2) is 8.06. The van der Waals surface area contributed by atoms with Gasteiger partial charge in [-0.05, 0) is 41.7 Å². The normalized spacial score (nSPS) is 15.0. The summed E-state index contributed by atoms with van der Waals surface area (Å²) in [5.74, 6) is -3.09. The Balaban J connectivity index is 1.55. The van der Waals surface area contributed by atoms with Gasteiger partial charge in [-0.25, -0.2) is 8.78 Å². The van der Waals surface area contributed by atoms with Crippen LogP contribution in [0.25, 0.3) is 0 Å². The number of ether oxygens (including phenoxy) is 1. The van der Waals surface area contributed by atoms with Gasteiger partial charge in [0, 0.05) is 12.8 Å². The maximum Gasteiger partial charge on any atom is 0.302 e. The molecule has 1 aliphatic rings. The Morgan fingerprint density at radius 3 is 2.63 bits per heavy atom. The lowest BCUT2D eigenvalue weighted by Crippen LogP contribution is -2.17. The van der Waals surface area contributed by atoms with Crippen LogP contribution in [0.2, 0.25) is 0 Å². The molecule has 1 atom stereocenters. The third-order valence-electron chi connectivity index (χ3n) is 5.23. The van der Waals surface area contributed by atoms with E-state index in [0.29, 0.717) is 24.2 Å². The van der Waals surface area contributed by atoms with Gasteiger partial charge in [-0.1, -0.05) is 24.3 Å². The zero-order valence-corrected chi connectivity index (χ0v) is 16.2. The van der Waals surface area contributed by atoms with Crippen molar-refractivity contribution in [2.45, 2.75) is 32.3 Å². The van der Waals surface area contributed by atoms with Crippen LogP contribution in [0.5, 0.6) is 0 Å². The van der Waals surface area contributed by atoms with Crippen molar-refractivity contribution >= 4 is 17.6 Å². The molecule has 0 bridgehead atoms. The Morgan fingerprint density at radius 2 is 1.90 bits per heavy atom. The van der Waals surface area contributed by atoms with Crippen LogP contribution in [-0.2, 0) is 29.0 Å². The number of esters is 1. The number of nitrogens with one attached hydrogen (secondary N) is 2. The van der Waals surface area contributed by atoms with E-state index in [1.807, 2.05) is 18.2 Å². The highest BCUT2D eigenvalue weighted by molar-refractivity contribution is 6.04. The SMILES string of the molecule is CC(=O)OCc1cccc2c1CC(c1[nH]ncc1NC(=O)c1c(F)cccc1F)C2. The molecule has 0 fully saturated rings. The topological polar surface area (TPSA) is 84.1 Å². The highest BCUT2D eigenvalue weighted by atomic mass is 19.1. The quantitative estimate of drug-likeness (QED) is 0.624. The maximum atomic E-state index is 13.9. The molecule has 0 saturated heterocycles. The fraction of sp³-hybridized carbons (Fsp3) is 0.227. The number of hydrogen-bond donors (Lipinski definition) is 2. The first-order valence-corrected chi connectivity index (χ1v) is 9.45. The molecule has 154 valence electrons. The van der Waals surface area contributed by atoms with Crippen molar-refractivity contribution < 1.29 is 23.1 Å². The third-order valence-corrected chi connectivity index (χ3v) is 5.23. The predicted molar refractivity (Wildman–Crippen MR) is 105 cm³/mol. The third kappa shape index (κ3) is 3.80. The van der Waals surface area contributed by atoms with Crippen LogP contribution < -0.4 is 5.32 Å². The summed E-state index contributed by atoms with van der Waals surface area (Å²) >= 11 is 0. The van der Waals surface area contributed by atoms with Crippen LogP contribution in [0, 0.1) is 11.6 Å². The van der Waals surface area contributed by atoms with E-state index in [9.17, 15) is 18.4 Å². The number of anilines is 1. The highest BCUT2D eigenvalue weighted by Crippen LogP contribution is 2.38. The minimum absolute atomic E-state index is 0.0123. The van der Waals surface area contributed by atoms with Crippen LogP contribution in [0.3, 0.4) is 0 Å². The number of carbonyl (C=O) groups excluding carboxylic acids is 2. The molecule has 1 heterocycles. The highest BCUT2D eigenvalue weighted by Gasteiger charge is 2.29.